The minimum absolute atomic E-state index is 0.561. The molecule has 0 unspecified atom stereocenters. The second-order valence-corrected chi connectivity index (χ2v) is 3.29. The summed E-state index contributed by atoms with van der Waals surface area (Å²) in [6.07, 6.45) is 0. The Labute approximate surface area is 102 Å². The molecular weight excluding hydrogens is 280 g/mol. The number of hydrogen-bond donors (Lipinski definition) is 0. The summed E-state index contributed by atoms with van der Waals surface area (Å²) in [5.74, 6) is -3.87. The maximum Gasteiger partial charge on any atom is 0.538 e. The highest BCUT2D eigenvalue weighted by Gasteiger charge is 2.67. The van der Waals surface area contributed by atoms with Crippen molar-refractivity contribution in [3.63, 3.8) is 0 Å². The molecule has 0 fully saturated rings. The first kappa shape index (κ1) is 16.0. The lowest BCUT2D eigenvalue weighted by Gasteiger charge is -2.31. The van der Waals surface area contributed by atoms with Crippen molar-refractivity contribution < 1.29 is 34.7 Å². The average molecular weight is 286 g/mol. The van der Waals surface area contributed by atoms with Crippen LogP contribution in [0.15, 0.2) is 0 Å². The van der Waals surface area contributed by atoms with E-state index in [1.165, 1.54) is 0 Å². The normalized spacial score (nSPS) is 11.3. The van der Waals surface area contributed by atoms with E-state index < -0.39 is 31.7 Å². The summed E-state index contributed by atoms with van der Waals surface area (Å²) >= 11 is 0. The molecule has 0 spiro atoms. The highest BCUT2D eigenvalue weighted by Crippen LogP contribution is 2.32. The van der Waals surface area contributed by atoms with Crippen LogP contribution in [0.4, 0.5) is 0 Å². The Kier molecular flexibility index (Phi) is 4.30. The van der Waals surface area contributed by atoms with Crippen LogP contribution in [0.3, 0.4) is 0 Å². The Balaban J connectivity index is 5.80. The van der Waals surface area contributed by atoms with Gasteiger partial charge in [-0.3, -0.25) is 15.0 Å². The number of hydrogen-bond acceptors (Lipinski definition) is 11. The van der Waals surface area contributed by atoms with E-state index in [4.69, 9.17) is 0 Å². The predicted molar refractivity (Wildman–Crippen MR) is 48.0 cm³/mol. The van der Waals surface area contributed by atoms with Crippen LogP contribution < -0.4 is 0 Å². The Morgan fingerprint density at radius 3 is 1.26 bits per heavy atom. The highest BCUT2D eigenvalue weighted by atomic mass is 17.1. The van der Waals surface area contributed by atoms with Crippen LogP contribution in [0.1, 0.15) is 13.8 Å². The maximum absolute atomic E-state index is 10.8. The molecular formula is C4H6N4O11. The van der Waals surface area contributed by atoms with E-state index >= 15 is 0 Å². The summed E-state index contributed by atoms with van der Waals surface area (Å²) in [6.45, 7) is 1.12. The van der Waals surface area contributed by atoms with Crippen LogP contribution in [-0.4, -0.2) is 31.7 Å². The largest absolute Gasteiger partial charge is 0.538 e. The van der Waals surface area contributed by atoms with E-state index in [2.05, 4.69) is 14.5 Å². The third-order valence-electron chi connectivity index (χ3n) is 1.70. The van der Waals surface area contributed by atoms with E-state index in [0.29, 0.717) is 13.8 Å². The van der Waals surface area contributed by atoms with Gasteiger partial charge in [-0.25, -0.2) is 9.68 Å². The summed E-state index contributed by atoms with van der Waals surface area (Å²) < 4.78 is 0. The molecule has 0 amide bonds. The second-order valence-electron chi connectivity index (χ2n) is 3.29. The average Bonchev–Trinajstić information content (AvgIpc) is 2.11. The third-order valence-corrected chi connectivity index (χ3v) is 1.70. The van der Waals surface area contributed by atoms with Crippen LogP contribution in [-0.2, 0) is 14.5 Å². The van der Waals surface area contributed by atoms with E-state index in [-0.39, 0.29) is 0 Å². The quantitative estimate of drug-likeness (QED) is 0.310. The molecule has 15 nitrogen and oxygen atoms in total. The first-order valence-electron chi connectivity index (χ1n) is 4.09. The molecule has 0 N–H and O–H groups in total. The monoisotopic (exact) mass is 286 g/mol. The molecule has 0 aromatic carbocycles. The van der Waals surface area contributed by atoms with Crippen LogP contribution >= 0.6 is 0 Å². The van der Waals surface area contributed by atoms with Gasteiger partial charge in [0.05, 0.1) is 4.92 Å². The lowest BCUT2D eigenvalue weighted by molar-refractivity contribution is -0.978. The van der Waals surface area contributed by atoms with Crippen molar-refractivity contribution in [2.24, 2.45) is 0 Å². The molecule has 108 valence electrons. The second kappa shape index (κ2) is 5.10. The van der Waals surface area contributed by atoms with Crippen molar-refractivity contribution in [2.75, 3.05) is 0 Å². The molecule has 19 heavy (non-hydrogen) atoms. The molecule has 15 heteroatoms. The fourth-order valence-corrected chi connectivity index (χ4v) is 0.969. The standard InChI is InChI=1S/C4H6N4O11/c1-3(2,17-6(11)12)4(5(9)10,18-7(13)14)19-8(15)16/h1-2H3. The molecule has 0 bridgehead atoms. The highest BCUT2D eigenvalue weighted by molar-refractivity contribution is 4.78. The molecule has 0 aliphatic heterocycles. The molecule has 0 saturated carbocycles. The molecule has 0 aromatic heterocycles. The van der Waals surface area contributed by atoms with E-state index in [1.54, 1.807) is 0 Å². The van der Waals surface area contributed by atoms with Gasteiger partial charge in [-0.2, -0.15) is 0 Å². The van der Waals surface area contributed by atoms with Gasteiger partial charge in [-0.1, -0.05) is 0 Å². The van der Waals surface area contributed by atoms with Crippen molar-refractivity contribution >= 4 is 0 Å². The zero-order valence-electron chi connectivity index (χ0n) is 9.28. The van der Waals surface area contributed by atoms with Crippen LogP contribution in [0.5, 0.6) is 0 Å². The SMILES string of the molecule is CC(C)(O[N+](=O)[O-])C(O[N+](=O)[O-])(O[N+](=O)[O-])[N+](=O)[O-]. The summed E-state index contributed by atoms with van der Waals surface area (Å²) in [4.78, 5) is 50.4. The summed E-state index contributed by atoms with van der Waals surface area (Å²) in [6, 6.07) is 0. The maximum atomic E-state index is 10.8. The molecule has 0 radical (unpaired) electrons. The van der Waals surface area contributed by atoms with Crippen molar-refractivity contribution in [1.82, 2.24) is 0 Å². The number of rotatable bonds is 8. The Bertz CT molecular complexity index is 401. The fraction of sp³-hybridized carbons (Fsp3) is 1.00. The Morgan fingerprint density at radius 2 is 1.05 bits per heavy atom. The Morgan fingerprint density at radius 1 is 0.737 bits per heavy atom. The predicted octanol–water partition coefficient (Wildman–Crippen LogP) is -0.680. The molecule has 0 saturated heterocycles. The van der Waals surface area contributed by atoms with Gasteiger partial charge in [0.25, 0.3) is 5.09 Å². The molecule has 0 aliphatic rings. The number of nitro groups is 1. The van der Waals surface area contributed by atoms with Gasteiger partial charge in [0.2, 0.25) is 5.60 Å². The molecule has 0 atom stereocenters. The Hall–Kier alpha value is -3.00. The zero-order valence-corrected chi connectivity index (χ0v) is 9.28. The zero-order chi connectivity index (χ0) is 15.4. The molecule has 0 rings (SSSR count). The van der Waals surface area contributed by atoms with Crippen molar-refractivity contribution in [3.8, 4) is 0 Å². The van der Waals surface area contributed by atoms with Gasteiger partial charge in [0, 0.05) is 0 Å². The van der Waals surface area contributed by atoms with E-state index in [1.807, 2.05) is 0 Å². The number of nitrogens with zero attached hydrogens (tertiary/aromatic N) is 4. The van der Waals surface area contributed by atoms with Crippen molar-refractivity contribution in [3.05, 3.63) is 40.5 Å². The third kappa shape index (κ3) is 3.48. The first-order valence-corrected chi connectivity index (χ1v) is 4.09. The van der Waals surface area contributed by atoms with Gasteiger partial charge in [0.1, 0.15) is 0 Å². The van der Waals surface area contributed by atoms with E-state index in [0.717, 1.165) is 0 Å². The molecule has 0 aromatic rings. The van der Waals surface area contributed by atoms with Gasteiger partial charge < -0.3 is 0 Å². The lowest BCUT2D eigenvalue weighted by atomic mass is 10.1. The summed E-state index contributed by atoms with van der Waals surface area (Å²) in [5.41, 5.74) is -2.81. The lowest BCUT2D eigenvalue weighted by Crippen LogP contribution is -2.63. The van der Waals surface area contributed by atoms with Crippen molar-refractivity contribution in [2.45, 2.75) is 25.4 Å². The van der Waals surface area contributed by atoms with Crippen LogP contribution in [0, 0.1) is 40.5 Å². The van der Waals surface area contributed by atoms with Crippen LogP contribution in [0.25, 0.3) is 0 Å². The summed E-state index contributed by atoms with van der Waals surface area (Å²) in [5, 5.41) is 36.2. The van der Waals surface area contributed by atoms with Gasteiger partial charge >= 0.3 is 16.1 Å². The van der Waals surface area contributed by atoms with Crippen molar-refractivity contribution in [1.29, 1.82) is 0 Å². The van der Waals surface area contributed by atoms with E-state index in [9.17, 15) is 40.5 Å². The minimum Gasteiger partial charge on any atom is -0.295 e. The fourth-order valence-electron chi connectivity index (χ4n) is 0.969. The summed E-state index contributed by atoms with van der Waals surface area (Å²) in [7, 11) is 0. The minimum atomic E-state index is -3.87. The first-order chi connectivity index (χ1) is 8.44. The topological polar surface area (TPSA) is 200 Å². The smallest absolute Gasteiger partial charge is 0.295 e. The van der Waals surface area contributed by atoms with Gasteiger partial charge in [0.15, 0.2) is 0 Å². The molecule has 0 aliphatic carbocycles. The van der Waals surface area contributed by atoms with Crippen LogP contribution in [0.2, 0.25) is 0 Å². The molecule has 0 heterocycles. The van der Waals surface area contributed by atoms with Gasteiger partial charge in [-0.15, -0.1) is 30.3 Å². The van der Waals surface area contributed by atoms with Gasteiger partial charge in [-0.05, 0) is 13.8 Å².